The summed E-state index contributed by atoms with van der Waals surface area (Å²) >= 11 is 3.47. The molecule has 0 atom stereocenters. The number of fused-ring (bicyclic) bond motifs is 4. The Morgan fingerprint density at radius 2 is 1.79 bits per heavy atom. The molecule has 1 N–H and O–H groups in total. The Bertz CT molecular complexity index is 1480. The Hall–Kier alpha value is -3.23. The first-order chi connectivity index (χ1) is 16.0. The standard InChI is InChI=1S/C25H20BrFN4O2/c26-16-5-3-15(4-6-16)14-31-20-13-21(29-10-7-28-8-11-29)18(27)12-17(20)24(32)22-23(31)19-2-1-9-30(19)25(22)33/h1-6,9,12-13,28H,7-8,10-11,14H2. The lowest BCUT2D eigenvalue weighted by atomic mass is 10.0. The molecule has 6 nitrogen and oxygen atoms in total. The van der Waals surface area contributed by atoms with Crippen LogP contribution in [0.25, 0.3) is 22.3 Å². The molecule has 0 saturated carbocycles. The number of pyridine rings is 1. The normalized spacial score (nSPS) is 15.2. The third kappa shape index (κ3) is 3.16. The molecule has 0 amide bonds. The van der Waals surface area contributed by atoms with E-state index in [-0.39, 0.29) is 16.9 Å². The predicted molar refractivity (Wildman–Crippen MR) is 130 cm³/mol. The largest absolute Gasteiger partial charge is 0.367 e. The van der Waals surface area contributed by atoms with E-state index >= 15 is 4.39 Å². The van der Waals surface area contributed by atoms with Crippen molar-refractivity contribution in [2.24, 2.45) is 0 Å². The van der Waals surface area contributed by atoms with Gasteiger partial charge in [0.25, 0.3) is 5.91 Å². The van der Waals surface area contributed by atoms with E-state index in [0.717, 1.165) is 23.1 Å². The molecule has 4 aromatic rings. The van der Waals surface area contributed by atoms with E-state index in [1.165, 1.54) is 10.6 Å². The molecule has 8 heteroatoms. The van der Waals surface area contributed by atoms with E-state index in [1.54, 1.807) is 18.3 Å². The number of aromatic nitrogens is 2. The number of hydrogen-bond donors (Lipinski definition) is 1. The van der Waals surface area contributed by atoms with Gasteiger partial charge in [0, 0.05) is 48.8 Å². The first kappa shape index (κ1) is 20.4. The van der Waals surface area contributed by atoms with Gasteiger partial charge in [-0.15, -0.1) is 0 Å². The lowest BCUT2D eigenvalue weighted by molar-refractivity contribution is 0.0968. The molecule has 166 valence electrons. The van der Waals surface area contributed by atoms with Crippen LogP contribution in [0, 0.1) is 5.82 Å². The zero-order valence-electron chi connectivity index (χ0n) is 17.6. The van der Waals surface area contributed by atoms with Gasteiger partial charge in [0.05, 0.1) is 22.6 Å². The van der Waals surface area contributed by atoms with Crippen LogP contribution in [0.15, 0.2) is 64.0 Å². The summed E-state index contributed by atoms with van der Waals surface area (Å²) in [5.41, 5.74) is 3.06. The Morgan fingerprint density at radius 1 is 1.03 bits per heavy atom. The molecule has 1 saturated heterocycles. The van der Waals surface area contributed by atoms with Gasteiger partial charge in [0.1, 0.15) is 11.4 Å². The van der Waals surface area contributed by atoms with Gasteiger partial charge in [-0.05, 0) is 42.0 Å². The topological polar surface area (TPSA) is 59.3 Å². The number of halogens is 2. The molecule has 0 radical (unpaired) electrons. The van der Waals surface area contributed by atoms with Crippen LogP contribution >= 0.6 is 15.9 Å². The van der Waals surface area contributed by atoms with Crippen molar-refractivity contribution >= 4 is 38.4 Å². The molecule has 0 bridgehead atoms. The van der Waals surface area contributed by atoms with Crippen LogP contribution in [0.1, 0.15) is 15.9 Å². The molecule has 2 aromatic carbocycles. The first-order valence-electron chi connectivity index (χ1n) is 10.9. The number of piperazine rings is 1. The van der Waals surface area contributed by atoms with Crippen molar-refractivity contribution in [2.75, 3.05) is 31.1 Å². The highest BCUT2D eigenvalue weighted by Crippen LogP contribution is 2.35. The van der Waals surface area contributed by atoms with Crippen molar-refractivity contribution in [3.8, 4) is 11.4 Å². The van der Waals surface area contributed by atoms with Gasteiger partial charge in [0.2, 0.25) is 5.43 Å². The fraction of sp³-hybridized carbons (Fsp3) is 0.200. The first-order valence-corrected chi connectivity index (χ1v) is 11.6. The van der Waals surface area contributed by atoms with Gasteiger partial charge < -0.3 is 14.8 Å². The van der Waals surface area contributed by atoms with Crippen molar-refractivity contribution in [3.63, 3.8) is 0 Å². The van der Waals surface area contributed by atoms with E-state index < -0.39 is 11.2 Å². The number of nitrogens with one attached hydrogen (secondary N) is 1. The van der Waals surface area contributed by atoms with E-state index in [2.05, 4.69) is 21.2 Å². The second kappa shape index (κ2) is 7.67. The maximum Gasteiger partial charge on any atom is 0.268 e. The van der Waals surface area contributed by atoms with Gasteiger partial charge in [-0.25, -0.2) is 4.39 Å². The van der Waals surface area contributed by atoms with Crippen molar-refractivity contribution < 1.29 is 9.18 Å². The summed E-state index contributed by atoms with van der Waals surface area (Å²) in [7, 11) is 0. The molecule has 1 fully saturated rings. The average molecular weight is 507 g/mol. The van der Waals surface area contributed by atoms with Crippen LogP contribution in [0.3, 0.4) is 0 Å². The number of anilines is 1. The Labute approximate surface area is 197 Å². The summed E-state index contributed by atoms with van der Waals surface area (Å²) in [6, 6.07) is 14.6. The van der Waals surface area contributed by atoms with E-state index in [4.69, 9.17) is 0 Å². The van der Waals surface area contributed by atoms with Crippen molar-refractivity contribution in [1.82, 2.24) is 14.5 Å². The van der Waals surface area contributed by atoms with Crippen molar-refractivity contribution in [3.05, 3.63) is 86.4 Å². The van der Waals surface area contributed by atoms with Gasteiger partial charge in [-0.1, -0.05) is 28.1 Å². The highest BCUT2D eigenvalue weighted by Gasteiger charge is 2.33. The van der Waals surface area contributed by atoms with Crippen LogP contribution in [-0.4, -0.2) is 41.2 Å². The highest BCUT2D eigenvalue weighted by molar-refractivity contribution is 9.10. The molecule has 0 aliphatic carbocycles. The lowest BCUT2D eigenvalue weighted by Gasteiger charge is -2.30. The van der Waals surface area contributed by atoms with E-state index in [1.807, 2.05) is 39.8 Å². The fourth-order valence-corrected chi connectivity index (χ4v) is 5.14. The Morgan fingerprint density at radius 3 is 2.55 bits per heavy atom. The summed E-state index contributed by atoms with van der Waals surface area (Å²) in [6.07, 6.45) is 1.67. The van der Waals surface area contributed by atoms with Gasteiger partial charge in [-0.3, -0.25) is 14.2 Å². The number of benzene rings is 2. The number of rotatable bonds is 3. The molecule has 4 heterocycles. The van der Waals surface area contributed by atoms with Crippen LogP contribution in [0.2, 0.25) is 0 Å². The second-order valence-electron chi connectivity index (χ2n) is 8.39. The third-order valence-corrected chi connectivity index (χ3v) is 7.00. The van der Waals surface area contributed by atoms with Gasteiger partial charge >= 0.3 is 0 Å². The fourth-order valence-electron chi connectivity index (χ4n) is 4.87. The number of carbonyl (C=O) groups excluding carboxylic acids is 1. The molecular weight excluding hydrogens is 487 g/mol. The Kier molecular flexibility index (Phi) is 4.74. The highest BCUT2D eigenvalue weighted by atomic mass is 79.9. The summed E-state index contributed by atoms with van der Waals surface area (Å²) in [5, 5.41) is 3.51. The molecule has 2 aromatic heterocycles. The molecule has 2 aliphatic heterocycles. The lowest BCUT2D eigenvalue weighted by Crippen LogP contribution is -2.43. The molecular formula is C25H20BrFN4O2. The second-order valence-corrected chi connectivity index (χ2v) is 9.31. The third-order valence-electron chi connectivity index (χ3n) is 6.47. The number of hydrogen-bond acceptors (Lipinski definition) is 4. The molecule has 33 heavy (non-hydrogen) atoms. The quantitative estimate of drug-likeness (QED) is 0.404. The predicted octanol–water partition coefficient (Wildman–Crippen LogP) is 3.83. The van der Waals surface area contributed by atoms with E-state index in [0.29, 0.717) is 42.2 Å². The minimum atomic E-state index is -0.443. The minimum Gasteiger partial charge on any atom is -0.367 e. The van der Waals surface area contributed by atoms with E-state index in [9.17, 15) is 9.59 Å². The van der Waals surface area contributed by atoms with Gasteiger partial charge in [-0.2, -0.15) is 0 Å². The zero-order chi connectivity index (χ0) is 22.7. The smallest absolute Gasteiger partial charge is 0.268 e. The van der Waals surface area contributed by atoms with Crippen LogP contribution in [-0.2, 0) is 6.54 Å². The van der Waals surface area contributed by atoms with Gasteiger partial charge in [0.15, 0.2) is 0 Å². The minimum absolute atomic E-state index is 0.101. The SMILES string of the molecule is O=C1c2c(n(Cc3ccc(Br)cc3)c3cc(N4CCNCC4)c(F)cc3c2=O)-c2cccn21. The summed E-state index contributed by atoms with van der Waals surface area (Å²) in [4.78, 5) is 28.5. The number of carbonyl (C=O) groups is 1. The van der Waals surface area contributed by atoms with Crippen LogP contribution in [0.5, 0.6) is 0 Å². The van der Waals surface area contributed by atoms with Crippen molar-refractivity contribution in [2.45, 2.75) is 6.54 Å². The average Bonchev–Trinajstić information content (AvgIpc) is 3.41. The monoisotopic (exact) mass is 506 g/mol. The zero-order valence-corrected chi connectivity index (χ0v) is 19.2. The maximum atomic E-state index is 15.2. The maximum absolute atomic E-state index is 15.2. The van der Waals surface area contributed by atoms with Crippen molar-refractivity contribution in [1.29, 1.82) is 0 Å². The number of nitrogens with zero attached hydrogens (tertiary/aromatic N) is 3. The molecule has 0 spiro atoms. The van der Waals surface area contributed by atoms with Crippen LogP contribution in [0.4, 0.5) is 10.1 Å². The molecule has 6 rings (SSSR count). The summed E-state index contributed by atoms with van der Waals surface area (Å²) < 4.78 is 19.7. The molecule has 2 aliphatic rings. The Balaban J connectivity index is 1.65. The summed E-state index contributed by atoms with van der Waals surface area (Å²) in [5.74, 6) is -0.810. The summed E-state index contributed by atoms with van der Waals surface area (Å²) in [6.45, 7) is 3.36. The molecule has 0 unspecified atom stereocenters. The van der Waals surface area contributed by atoms with Crippen LogP contribution < -0.4 is 15.6 Å².